The number of aromatic nitrogens is 1. The number of nitrogens with zero attached hydrogens (tertiary/aromatic N) is 2. The number of ether oxygens (including phenoxy) is 1. The number of carbonyl (C=O) groups is 2. The summed E-state index contributed by atoms with van der Waals surface area (Å²) in [6.45, 7) is 5.18. The van der Waals surface area contributed by atoms with Crippen molar-refractivity contribution in [2.45, 2.75) is 39.2 Å². The molecule has 2 aromatic rings. The summed E-state index contributed by atoms with van der Waals surface area (Å²) in [5.41, 5.74) is 1.42. The fourth-order valence-electron chi connectivity index (χ4n) is 3.22. The molecular weight excluding hydrogens is 380 g/mol. The van der Waals surface area contributed by atoms with E-state index in [9.17, 15) is 9.59 Å². The molecule has 0 atom stereocenters. The Morgan fingerprint density at radius 1 is 1.07 bits per heavy atom. The quantitative estimate of drug-likeness (QED) is 0.589. The second-order valence-corrected chi connectivity index (χ2v) is 7.40. The molecule has 0 saturated carbocycles. The lowest BCUT2D eigenvalue weighted by molar-refractivity contribution is -0.120. The fraction of sp³-hybridized carbons (Fsp3) is 0.435. The smallest absolute Gasteiger partial charge is 0.251 e. The molecule has 7 nitrogen and oxygen atoms in total. The van der Waals surface area contributed by atoms with E-state index in [0.717, 1.165) is 43.1 Å². The van der Waals surface area contributed by atoms with Crippen LogP contribution in [0, 0.1) is 0 Å². The average Bonchev–Trinajstić information content (AvgIpc) is 3.32. The van der Waals surface area contributed by atoms with Crippen molar-refractivity contribution < 1.29 is 14.3 Å². The lowest BCUT2D eigenvalue weighted by Crippen LogP contribution is -2.36. The Morgan fingerprint density at radius 2 is 1.83 bits per heavy atom. The van der Waals surface area contributed by atoms with Gasteiger partial charge in [0.1, 0.15) is 11.6 Å². The van der Waals surface area contributed by atoms with Crippen LogP contribution in [0.2, 0.25) is 0 Å². The number of pyridine rings is 1. The molecule has 0 aliphatic carbocycles. The van der Waals surface area contributed by atoms with Crippen molar-refractivity contribution in [1.29, 1.82) is 0 Å². The van der Waals surface area contributed by atoms with Gasteiger partial charge in [-0.05, 0) is 55.2 Å². The van der Waals surface area contributed by atoms with Crippen molar-refractivity contribution >= 4 is 17.6 Å². The van der Waals surface area contributed by atoms with Gasteiger partial charge in [0.25, 0.3) is 5.91 Å². The number of hydrogen-bond acceptors (Lipinski definition) is 5. The summed E-state index contributed by atoms with van der Waals surface area (Å²) >= 11 is 0. The molecule has 0 spiro atoms. The molecule has 1 aliphatic rings. The van der Waals surface area contributed by atoms with Gasteiger partial charge in [0.2, 0.25) is 5.91 Å². The van der Waals surface area contributed by atoms with Crippen molar-refractivity contribution in [2.75, 3.05) is 31.1 Å². The van der Waals surface area contributed by atoms with Gasteiger partial charge in [-0.1, -0.05) is 19.4 Å². The molecule has 0 unspecified atom stereocenters. The van der Waals surface area contributed by atoms with Crippen LogP contribution in [0.5, 0.6) is 5.75 Å². The van der Waals surface area contributed by atoms with Crippen molar-refractivity contribution in [2.24, 2.45) is 0 Å². The Labute approximate surface area is 177 Å². The van der Waals surface area contributed by atoms with Crippen LogP contribution in [0.3, 0.4) is 0 Å². The highest BCUT2D eigenvalue weighted by Crippen LogP contribution is 2.17. The Hall–Kier alpha value is -3.09. The van der Waals surface area contributed by atoms with Crippen molar-refractivity contribution in [3.63, 3.8) is 0 Å². The van der Waals surface area contributed by atoms with E-state index in [-0.39, 0.29) is 18.4 Å². The summed E-state index contributed by atoms with van der Waals surface area (Å²) in [5.74, 6) is 1.19. The number of unbranched alkanes of at least 4 members (excludes halogenated alkanes) is 1. The first-order valence-electron chi connectivity index (χ1n) is 10.6. The molecule has 160 valence electrons. The first kappa shape index (κ1) is 21.6. The van der Waals surface area contributed by atoms with E-state index in [1.165, 1.54) is 12.8 Å². The number of carbonyl (C=O) groups excluding carboxylic acids is 2. The van der Waals surface area contributed by atoms with Gasteiger partial charge in [-0.2, -0.15) is 0 Å². The van der Waals surface area contributed by atoms with E-state index < -0.39 is 0 Å². The predicted molar refractivity (Wildman–Crippen MR) is 117 cm³/mol. The Bertz CT molecular complexity index is 815. The molecule has 1 aromatic heterocycles. The van der Waals surface area contributed by atoms with Crippen molar-refractivity contribution in [3.05, 3.63) is 53.7 Å². The van der Waals surface area contributed by atoms with Gasteiger partial charge >= 0.3 is 0 Å². The molecule has 2 N–H and O–H groups in total. The largest absolute Gasteiger partial charge is 0.494 e. The molecule has 30 heavy (non-hydrogen) atoms. The maximum absolute atomic E-state index is 12.2. The second kappa shape index (κ2) is 11.2. The highest BCUT2D eigenvalue weighted by molar-refractivity contribution is 5.96. The number of benzene rings is 1. The third kappa shape index (κ3) is 6.47. The third-order valence-corrected chi connectivity index (χ3v) is 5.02. The standard InChI is InChI=1S/C23H30N4O3/c1-2-3-14-30-20-9-7-19(8-10-20)23(29)26-17-22(28)25-16-18-6-11-21(24-15-18)27-12-4-5-13-27/h6-11,15H,2-5,12-14,16-17H2,1H3,(H,25,28)(H,26,29). The zero-order chi connectivity index (χ0) is 21.2. The summed E-state index contributed by atoms with van der Waals surface area (Å²) in [4.78, 5) is 31.0. The zero-order valence-corrected chi connectivity index (χ0v) is 17.5. The van der Waals surface area contributed by atoms with E-state index in [0.29, 0.717) is 18.7 Å². The number of anilines is 1. The number of nitrogens with one attached hydrogen (secondary N) is 2. The number of hydrogen-bond donors (Lipinski definition) is 2. The first-order chi connectivity index (χ1) is 14.7. The summed E-state index contributed by atoms with van der Waals surface area (Å²) in [5, 5.41) is 5.44. The maximum Gasteiger partial charge on any atom is 0.251 e. The molecule has 1 saturated heterocycles. The normalized spacial score (nSPS) is 13.2. The topological polar surface area (TPSA) is 83.6 Å². The second-order valence-electron chi connectivity index (χ2n) is 7.40. The molecule has 0 bridgehead atoms. The molecule has 0 radical (unpaired) electrons. The van der Waals surface area contributed by atoms with Gasteiger partial charge < -0.3 is 20.3 Å². The van der Waals surface area contributed by atoms with Crippen LogP contribution in [0.25, 0.3) is 0 Å². The molecule has 1 aliphatic heterocycles. The predicted octanol–water partition coefficient (Wildman–Crippen LogP) is 2.91. The Kier molecular flexibility index (Phi) is 8.06. The summed E-state index contributed by atoms with van der Waals surface area (Å²) in [6, 6.07) is 10.9. The van der Waals surface area contributed by atoms with Gasteiger partial charge in [0.15, 0.2) is 0 Å². The van der Waals surface area contributed by atoms with E-state index >= 15 is 0 Å². The lowest BCUT2D eigenvalue weighted by atomic mass is 10.2. The van der Waals surface area contributed by atoms with Crippen molar-refractivity contribution in [3.8, 4) is 5.75 Å². The average molecular weight is 411 g/mol. The molecule has 2 heterocycles. The van der Waals surface area contributed by atoms with Gasteiger partial charge in [-0.3, -0.25) is 9.59 Å². The first-order valence-corrected chi connectivity index (χ1v) is 10.6. The zero-order valence-electron chi connectivity index (χ0n) is 17.5. The summed E-state index contributed by atoms with van der Waals surface area (Å²) in [6.07, 6.45) is 6.28. The fourth-order valence-corrected chi connectivity index (χ4v) is 3.22. The summed E-state index contributed by atoms with van der Waals surface area (Å²) in [7, 11) is 0. The minimum atomic E-state index is -0.290. The lowest BCUT2D eigenvalue weighted by Gasteiger charge is -2.16. The van der Waals surface area contributed by atoms with Gasteiger partial charge in [-0.15, -0.1) is 0 Å². The maximum atomic E-state index is 12.2. The molecule has 2 amide bonds. The minimum Gasteiger partial charge on any atom is -0.494 e. The van der Waals surface area contributed by atoms with Gasteiger partial charge in [-0.25, -0.2) is 4.98 Å². The van der Waals surface area contributed by atoms with Crippen molar-refractivity contribution in [1.82, 2.24) is 15.6 Å². The van der Waals surface area contributed by atoms with Crippen LogP contribution in [-0.4, -0.2) is 43.0 Å². The van der Waals surface area contributed by atoms with Crippen LogP contribution in [0.4, 0.5) is 5.82 Å². The Balaban J connectivity index is 1.38. The van der Waals surface area contributed by atoms with Crippen LogP contribution >= 0.6 is 0 Å². The monoisotopic (exact) mass is 410 g/mol. The number of amides is 2. The highest BCUT2D eigenvalue weighted by Gasteiger charge is 2.13. The minimum absolute atomic E-state index is 0.0765. The molecule has 7 heteroatoms. The highest BCUT2D eigenvalue weighted by atomic mass is 16.5. The molecule has 1 fully saturated rings. The number of rotatable bonds is 10. The summed E-state index contributed by atoms with van der Waals surface area (Å²) < 4.78 is 5.59. The van der Waals surface area contributed by atoms with Crippen LogP contribution in [0.1, 0.15) is 48.5 Å². The van der Waals surface area contributed by atoms with Crippen LogP contribution < -0.4 is 20.3 Å². The molecule has 3 rings (SSSR count). The molecule has 1 aromatic carbocycles. The SMILES string of the molecule is CCCCOc1ccc(C(=O)NCC(=O)NCc2ccc(N3CCCC3)nc2)cc1. The van der Waals surface area contributed by atoms with Crippen LogP contribution in [0.15, 0.2) is 42.6 Å². The van der Waals surface area contributed by atoms with Crippen LogP contribution in [-0.2, 0) is 11.3 Å². The van der Waals surface area contributed by atoms with Gasteiger partial charge in [0.05, 0.1) is 13.2 Å². The Morgan fingerprint density at radius 3 is 2.50 bits per heavy atom. The van der Waals surface area contributed by atoms with Gasteiger partial charge in [0, 0.05) is 31.4 Å². The van der Waals surface area contributed by atoms with E-state index in [1.807, 2.05) is 12.1 Å². The third-order valence-electron chi connectivity index (χ3n) is 5.02. The molecular formula is C23H30N4O3. The van der Waals surface area contributed by atoms with E-state index in [1.54, 1.807) is 30.5 Å². The van der Waals surface area contributed by atoms with E-state index in [2.05, 4.69) is 27.4 Å². The van der Waals surface area contributed by atoms with E-state index in [4.69, 9.17) is 4.74 Å².